The van der Waals surface area contributed by atoms with Crippen molar-refractivity contribution in [2.24, 2.45) is 0 Å². The van der Waals surface area contributed by atoms with Gasteiger partial charge in [-0.05, 0) is 17.5 Å². The Hall–Kier alpha value is -2.24. The molecule has 5 heteroatoms. The minimum Gasteiger partial charge on any atom is -0.319 e. The topological polar surface area (TPSA) is 45.8 Å². The number of benzene rings is 1. The molecule has 21 heavy (non-hydrogen) atoms. The number of aromatic amines is 1. The fourth-order valence-corrected chi connectivity index (χ4v) is 5.16. The van der Waals surface area contributed by atoms with Crippen molar-refractivity contribution >= 4 is 64.0 Å². The molecular weight excluding hydrogens is 300 g/mol. The first-order chi connectivity index (χ1) is 10.3. The van der Waals surface area contributed by atoms with E-state index in [1.807, 2.05) is 12.1 Å². The highest BCUT2D eigenvalue weighted by atomic mass is 32.1. The molecule has 0 atom stereocenters. The molecule has 0 bridgehead atoms. The standard InChI is InChI=1S/C16H8N2OS2/c19-16-15-11(14-10(21-15)5-7-20-14)9-4-3-8-2-1-6-17-12(8)13(9)18-16/h1-7H,(H,18,19). The molecule has 4 heterocycles. The number of hydrogen-bond acceptors (Lipinski definition) is 4. The molecule has 0 saturated carbocycles. The number of thiophene rings is 2. The molecule has 5 aromatic rings. The molecule has 5 rings (SSSR count). The van der Waals surface area contributed by atoms with Crippen molar-refractivity contribution in [3.8, 4) is 0 Å². The highest BCUT2D eigenvalue weighted by molar-refractivity contribution is 7.32. The molecule has 1 aromatic carbocycles. The van der Waals surface area contributed by atoms with Crippen molar-refractivity contribution in [3.63, 3.8) is 0 Å². The highest BCUT2D eigenvalue weighted by Gasteiger charge is 2.14. The summed E-state index contributed by atoms with van der Waals surface area (Å²) in [6.45, 7) is 0. The van der Waals surface area contributed by atoms with Gasteiger partial charge in [-0.15, -0.1) is 22.7 Å². The maximum atomic E-state index is 12.4. The maximum absolute atomic E-state index is 12.4. The van der Waals surface area contributed by atoms with Crippen LogP contribution < -0.4 is 5.56 Å². The van der Waals surface area contributed by atoms with E-state index in [2.05, 4.69) is 33.5 Å². The molecule has 0 spiro atoms. The van der Waals surface area contributed by atoms with Crippen LogP contribution in [0.2, 0.25) is 0 Å². The quantitative estimate of drug-likeness (QED) is 0.428. The Kier molecular flexibility index (Phi) is 2.12. The number of H-pyrrole nitrogens is 1. The van der Waals surface area contributed by atoms with E-state index in [4.69, 9.17) is 0 Å². The van der Waals surface area contributed by atoms with Gasteiger partial charge in [0.15, 0.2) is 0 Å². The van der Waals surface area contributed by atoms with Crippen molar-refractivity contribution in [1.29, 1.82) is 0 Å². The van der Waals surface area contributed by atoms with Gasteiger partial charge < -0.3 is 4.98 Å². The van der Waals surface area contributed by atoms with E-state index in [-0.39, 0.29) is 5.56 Å². The Morgan fingerprint density at radius 3 is 3.00 bits per heavy atom. The van der Waals surface area contributed by atoms with Crippen LogP contribution in [0.5, 0.6) is 0 Å². The van der Waals surface area contributed by atoms with Gasteiger partial charge in [-0.25, -0.2) is 0 Å². The van der Waals surface area contributed by atoms with Crippen LogP contribution in [0.4, 0.5) is 0 Å². The maximum Gasteiger partial charge on any atom is 0.266 e. The number of hydrogen-bond donors (Lipinski definition) is 1. The van der Waals surface area contributed by atoms with Gasteiger partial charge in [0.2, 0.25) is 0 Å². The minimum atomic E-state index is -0.0240. The number of pyridine rings is 2. The molecule has 0 radical (unpaired) electrons. The Balaban J connectivity index is 2.19. The second-order valence-electron chi connectivity index (χ2n) is 4.94. The first kappa shape index (κ1) is 11.4. The molecule has 1 N–H and O–H groups in total. The zero-order valence-corrected chi connectivity index (χ0v) is 12.3. The molecule has 4 aromatic heterocycles. The van der Waals surface area contributed by atoms with Crippen molar-refractivity contribution in [3.05, 3.63) is 52.3 Å². The summed E-state index contributed by atoms with van der Waals surface area (Å²) in [6.07, 6.45) is 1.76. The highest BCUT2D eigenvalue weighted by Crippen LogP contribution is 2.39. The van der Waals surface area contributed by atoms with Crippen molar-refractivity contribution in [2.75, 3.05) is 0 Å². The smallest absolute Gasteiger partial charge is 0.266 e. The third kappa shape index (κ3) is 1.42. The lowest BCUT2D eigenvalue weighted by Crippen LogP contribution is -2.04. The van der Waals surface area contributed by atoms with Crippen LogP contribution in [0.1, 0.15) is 0 Å². The summed E-state index contributed by atoms with van der Waals surface area (Å²) in [5.41, 5.74) is 1.66. The van der Waals surface area contributed by atoms with E-state index in [9.17, 15) is 4.79 Å². The van der Waals surface area contributed by atoms with Gasteiger partial charge in [0.1, 0.15) is 4.70 Å². The zero-order chi connectivity index (χ0) is 14.0. The van der Waals surface area contributed by atoms with Crippen LogP contribution >= 0.6 is 22.7 Å². The predicted octanol–water partition coefficient (Wildman–Crippen LogP) is 4.51. The average molecular weight is 308 g/mol. The van der Waals surface area contributed by atoms with E-state index < -0.39 is 0 Å². The van der Waals surface area contributed by atoms with Crippen LogP contribution in [-0.4, -0.2) is 9.97 Å². The summed E-state index contributed by atoms with van der Waals surface area (Å²) >= 11 is 3.25. The average Bonchev–Trinajstić information content (AvgIpc) is 3.08. The lowest BCUT2D eigenvalue weighted by atomic mass is 10.1. The normalized spacial score (nSPS) is 12.0. The van der Waals surface area contributed by atoms with E-state index in [0.29, 0.717) is 0 Å². The van der Waals surface area contributed by atoms with Gasteiger partial charge in [-0.2, -0.15) is 0 Å². The summed E-state index contributed by atoms with van der Waals surface area (Å²) in [4.78, 5) is 19.9. The number of fused-ring (bicyclic) bond motifs is 7. The summed E-state index contributed by atoms with van der Waals surface area (Å²) < 4.78 is 3.18. The first-order valence-corrected chi connectivity index (χ1v) is 8.22. The predicted molar refractivity (Wildman–Crippen MR) is 90.6 cm³/mol. The number of rotatable bonds is 0. The molecule has 0 fully saturated rings. The van der Waals surface area contributed by atoms with E-state index in [1.54, 1.807) is 28.9 Å². The molecule has 0 unspecified atom stereocenters. The Morgan fingerprint density at radius 2 is 2.05 bits per heavy atom. The third-order valence-electron chi connectivity index (χ3n) is 3.78. The van der Waals surface area contributed by atoms with E-state index >= 15 is 0 Å². The number of aromatic nitrogens is 2. The Morgan fingerprint density at radius 1 is 1.10 bits per heavy atom. The van der Waals surface area contributed by atoms with Gasteiger partial charge in [-0.1, -0.05) is 18.2 Å². The molecular formula is C16H8N2OS2. The summed E-state index contributed by atoms with van der Waals surface area (Å²) in [5.74, 6) is 0. The molecule has 3 nitrogen and oxygen atoms in total. The zero-order valence-electron chi connectivity index (χ0n) is 10.7. The third-order valence-corrected chi connectivity index (χ3v) is 6.00. The van der Waals surface area contributed by atoms with Crippen LogP contribution in [0.25, 0.3) is 41.3 Å². The van der Waals surface area contributed by atoms with Crippen LogP contribution in [-0.2, 0) is 0 Å². The molecule has 100 valence electrons. The van der Waals surface area contributed by atoms with E-state index in [1.165, 1.54) is 9.40 Å². The fraction of sp³-hybridized carbons (Fsp3) is 0. The Labute approximate surface area is 126 Å². The number of nitrogens with one attached hydrogen (secondary N) is 1. The number of nitrogens with zero attached hydrogens (tertiary/aromatic N) is 1. The van der Waals surface area contributed by atoms with Gasteiger partial charge >= 0.3 is 0 Å². The lowest BCUT2D eigenvalue weighted by molar-refractivity contribution is 1.34. The second-order valence-corrected chi connectivity index (χ2v) is 6.91. The van der Waals surface area contributed by atoms with Crippen LogP contribution in [0.3, 0.4) is 0 Å². The van der Waals surface area contributed by atoms with E-state index in [0.717, 1.165) is 31.9 Å². The molecule has 0 aliphatic carbocycles. The molecule has 0 amide bonds. The van der Waals surface area contributed by atoms with Crippen molar-refractivity contribution in [1.82, 2.24) is 9.97 Å². The summed E-state index contributed by atoms with van der Waals surface area (Å²) in [5, 5.41) is 5.26. The fourth-order valence-electron chi connectivity index (χ4n) is 2.88. The second kappa shape index (κ2) is 3.90. The van der Waals surface area contributed by atoms with Gasteiger partial charge in [0.25, 0.3) is 5.56 Å². The lowest BCUT2D eigenvalue weighted by Gasteiger charge is -2.04. The van der Waals surface area contributed by atoms with Gasteiger partial charge in [0.05, 0.1) is 15.7 Å². The van der Waals surface area contributed by atoms with Crippen molar-refractivity contribution in [2.45, 2.75) is 0 Å². The monoisotopic (exact) mass is 308 g/mol. The van der Waals surface area contributed by atoms with Gasteiger partial charge in [-0.3, -0.25) is 9.78 Å². The molecule has 0 aliphatic rings. The summed E-state index contributed by atoms with van der Waals surface area (Å²) in [7, 11) is 0. The van der Waals surface area contributed by atoms with Crippen LogP contribution in [0.15, 0.2) is 46.7 Å². The van der Waals surface area contributed by atoms with Crippen molar-refractivity contribution < 1.29 is 0 Å². The minimum absolute atomic E-state index is 0.0240. The van der Waals surface area contributed by atoms with Gasteiger partial charge in [0, 0.05) is 27.1 Å². The van der Waals surface area contributed by atoms with Crippen LogP contribution in [0, 0.1) is 0 Å². The SMILES string of the molecule is O=c1[nH]c2c(ccc3cccnc32)c2c1sc1ccsc12. The largest absolute Gasteiger partial charge is 0.319 e. The first-order valence-electron chi connectivity index (χ1n) is 6.52. The Bertz CT molecular complexity index is 1210. The molecule has 0 aliphatic heterocycles. The molecule has 0 saturated heterocycles. The summed E-state index contributed by atoms with van der Waals surface area (Å²) in [6, 6.07) is 10.2.